The lowest BCUT2D eigenvalue weighted by atomic mass is 9.97. The molecule has 0 amide bonds. The third-order valence-electron chi connectivity index (χ3n) is 2.09. The first-order chi connectivity index (χ1) is 6.56. The van der Waals surface area contributed by atoms with Crippen molar-refractivity contribution in [2.75, 3.05) is 7.11 Å². The average Bonchev–Trinajstić information content (AvgIpc) is 2.16. The van der Waals surface area contributed by atoms with Crippen LogP contribution in [-0.2, 0) is 0 Å². The Morgan fingerprint density at radius 1 is 1.43 bits per heavy atom. The molecule has 0 saturated carbocycles. The molecule has 0 spiro atoms. The van der Waals surface area contributed by atoms with Crippen LogP contribution in [0.4, 0.5) is 0 Å². The van der Waals surface area contributed by atoms with Crippen LogP contribution in [0.1, 0.15) is 35.7 Å². The van der Waals surface area contributed by atoms with Crippen LogP contribution in [0.3, 0.4) is 0 Å². The average molecular weight is 213 g/mol. The molecule has 1 aromatic rings. The van der Waals surface area contributed by atoms with Gasteiger partial charge in [-0.05, 0) is 41.3 Å². The molecule has 0 bridgehead atoms. The fourth-order valence-corrected chi connectivity index (χ4v) is 1.50. The van der Waals surface area contributed by atoms with Gasteiger partial charge in [0.15, 0.2) is 0 Å². The first-order valence-corrected chi connectivity index (χ1v) is 4.81. The third-order valence-corrected chi connectivity index (χ3v) is 2.30. The summed E-state index contributed by atoms with van der Waals surface area (Å²) in [5.41, 5.74) is 1.48. The van der Waals surface area contributed by atoms with Crippen LogP contribution in [0.15, 0.2) is 18.2 Å². The van der Waals surface area contributed by atoms with Crippen LogP contribution < -0.4 is 4.74 Å². The molecule has 0 aliphatic heterocycles. The van der Waals surface area contributed by atoms with E-state index in [1.54, 1.807) is 19.2 Å². The number of carbonyl (C=O) groups is 1. The van der Waals surface area contributed by atoms with E-state index in [4.69, 9.17) is 16.3 Å². The number of rotatable bonds is 3. The predicted octanol–water partition coefficient (Wildman–Crippen LogP) is 3.20. The first kappa shape index (κ1) is 11.1. The van der Waals surface area contributed by atoms with Crippen molar-refractivity contribution < 1.29 is 9.53 Å². The predicted molar refractivity (Wildman–Crippen MR) is 57.3 cm³/mol. The van der Waals surface area contributed by atoms with Gasteiger partial charge < -0.3 is 4.74 Å². The van der Waals surface area contributed by atoms with Crippen molar-refractivity contribution in [1.82, 2.24) is 0 Å². The van der Waals surface area contributed by atoms with E-state index >= 15 is 0 Å². The lowest BCUT2D eigenvalue weighted by molar-refractivity contribution is 0.108. The summed E-state index contributed by atoms with van der Waals surface area (Å²) in [6.07, 6.45) is 0. The van der Waals surface area contributed by atoms with E-state index in [9.17, 15) is 4.79 Å². The Labute approximate surface area is 88.8 Å². The topological polar surface area (TPSA) is 26.3 Å². The Kier molecular flexibility index (Phi) is 3.53. The van der Waals surface area contributed by atoms with Crippen LogP contribution in [0, 0.1) is 0 Å². The van der Waals surface area contributed by atoms with Gasteiger partial charge in [-0.15, -0.1) is 0 Å². The minimum atomic E-state index is -0.420. The Morgan fingerprint density at radius 3 is 2.50 bits per heavy atom. The summed E-state index contributed by atoms with van der Waals surface area (Å²) >= 11 is 5.47. The highest BCUT2D eigenvalue weighted by molar-refractivity contribution is 6.67. The quantitative estimate of drug-likeness (QED) is 0.720. The summed E-state index contributed by atoms with van der Waals surface area (Å²) in [4.78, 5) is 11.1. The van der Waals surface area contributed by atoms with Crippen LogP contribution >= 0.6 is 11.6 Å². The Balaban J connectivity index is 3.24. The fraction of sp³-hybridized carbons (Fsp3) is 0.364. The second-order valence-corrected chi connectivity index (χ2v) is 3.72. The number of carbonyl (C=O) groups excluding carboxylic acids is 1. The molecule has 0 fully saturated rings. The van der Waals surface area contributed by atoms with Gasteiger partial charge in [0, 0.05) is 5.56 Å². The van der Waals surface area contributed by atoms with Gasteiger partial charge in [0.05, 0.1) is 7.11 Å². The molecular formula is C11H13ClO2. The molecule has 0 heterocycles. The van der Waals surface area contributed by atoms with Gasteiger partial charge in [-0.2, -0.15) is 0 Å². The molecule has 2 nitrogen and oxygen atoms in total. The van der Waals surface area contributed by atoms with Crippen LogP contribution in [0.2, 0.25) is 0 Å². The van der Waals surface area contributed by atoms with E-state index in [-0.39, 0.29) is 5.92 Å². The van der Waals surface area contributed by atoms with Crippen molar-refractivity contribution in [2.24, 2.45) is 0 Å². The van der Waals surface area contributed by atoms with E-state index in [0.717, 1.165) is 11.3 Å². The molecule has 0 aliphatic rings. The maximum absolute atomic E-state index is 11.1. The first-order valence-electron chi connectivity index (χ1n) is 4.44. The number of hydrogen-bond acceptors (Lipinski definition) is 2. The maximum atomic E-state index is 11.1. The van der Waals surface area contributed by atoms with Gasteiger partial charge in [-0.25, -0.2) is 0 Å². The highest BCUT2D eigenvalue weighted by atomic mass is 35.5. The minimum Gasteiger partial charge on any atom is -0.497 e. The lowest BCUT2D eigenvalue weighted by Crippen LogP contribution is -2.00. The number of benzene rings is 1. The molecule has 1 rings (SSSR count). The molecule has 0 saturated heterocycles. The molecule has 14 heavy (non-hydrogen) atoms. The molecule has 0 N–H and O–H groups in total. The summed E-state index contributed by atoms with van der Waals surface area (Å²) < 4.78 is 5.09. The lowest BCUT2D eigenvalue weighted by Gasteiger charge is -2.11. The number of methoxy groups -OCH3 is 1. The zero-order chi connectivity index (χ0) is 10.7. The van der Waals surface area contributed by atoms with E-state index in [2.05, 4.69) is 0 Å². The summed E-state index contributed by atoms with van der Waals surface area (Å²) in [6, 6.07) is 5.28. The molecule has 0 atom stereocenters. The Hall–Kier alpha value is -1.02. The second kappa shape index (κ2) is 4.47. The highest BCUT2D eigenvalue weighted by Crippen LogP contribution is 2.25. The molecule has 0 unspecified atom stereocenters. The fourth-order valence-electron chi connectivity index (χ4n) is 1.32. The van der Waals surface area contributed by atoms with Gasteiger partial charge >= 0.3 is 0 Å². The molecule has 76 valence electrons. The Morgan fingerprint density at radius 2 is 2.07 bits per heavy atom. The van der Waals surface area contributed by atoms with E-state index < -0.39 is 5.24 Å². The van der Waals surface area contributed by atoms with Crippen LogP contribution in [0.5, 0.6) is 5.75 Å². The normalized spacial score (nSPS) is 10.4. The molecular weight excluding hydrogens is 200 g/mol. The van der Waals surface area contributed by atoms with E-state index in [1.807, 2.05) is 19.9 Å². The number of ether oxygens (including phenoxy) is 1. The van der Waals surface area contributed by atoms with Crippen LogP contribution in [0.25, 0.3) is 0 Å². The van der Waals surface area contributed by atoms with E-state index in [1.165, 1.54) is 0 Å². The summed E-state index contributed by atoms with van der Waals surface area (Å²) in [6.45, 7) is 4.02. The van der Waals surface area contributed by atoms with Crippen molar-refractivity contribution in [1.29, 1.82) is 0 Å². The molecule has 0 aliphatic carbocycles. The van der Waals surface area contributed by atoms with E-state index in [0.29, 0.717) is 5.56 Å². The standard InChI is InChI=1S/C11H13ClO2/c1-7(2)10-6-8(14-3)4-5-9(10)11(12)13/h4-7H,1-3H3. The zero-order valence-corrected chi connectivity index (χ0v) is 9.26. The summed E-state index contributed by atoms with van der Waals surface area (Å²) in [5.74, 6) is 0.998. The van der Waals surface area contributed by atoms with Gasteiger partial charge in [-0.1, -0.05) is 13.8 Å². The summed E-state index contributed by atoms with van der Waals surface area (Å²) in [7, 11) is 1.60. The van der Waals surface area contributed by atoms with Crippen molar-refractivity contribution >= 4 is 16.8 Å². The van der Waals surface area contributed by atoms with Crippen LogP contribution in [-0.4, -0.2) is 12.4 Å². The second-order valence-electron chi connectivity index (χ2n) is 3.38. The molecule has 3 heteroatoms. The monoisotopic (exact) mass is 212 g/mol. The Bertz CT molecular complexity index is 345. The van der Waals surface area contributed by atoms with Crippen molar-refractivity contribution in [3.8, 4) is 5.75 Å². The zero-order valence-electron chi connectivity index (χ0n) is 8.50. The smallest absolute Gasteiger partial charge is 0.252 e. The minimum absolute atomic E-state index is 0.253. The summed E-state index contributed by atoms with van der Waals surface area (Å²) in [5, 5.41) is -0.420. The van der Waals surface area contributed by atoms with Gasteiger partial charge in [0.2, 0.25) is 0 Å². The van der Waals surface area contributed by atoms with Gasteiger partial charge in [-0.3, -0.25) is 4.79 Å². The van der Waals surface area contributed by atoms with Crippen molar-refractivity contribution in [3.05, 3.63) is 29.3 Å². The SMILES string of the molecule is COc1ccc(C(=O)Cl)c(C(C)C)c1. The largest absolute Gasteiger partial charge is 0.497 e. The van der Waals surface area contributed by atoms with Crippen molar-refractivity contribution in [3.63, 3.8) is 0 Å². The third kappa shape index (κ3) is 2.26. The maximum Gasteiger partial charge on any atom is 0.252 e. The molecule has 0 radical (unpaired) electrons. The van der Waals surface area contributed by atoms with Crippen molar-refractivity contribution in [2.45, 2.75) is 19.8 Å². The number of halogens is 1. The number of hydrogen-bond donors (Lipinski definition) is 0. The highest BCUT2D eigenvalue weighted by Gasteiger charge is 2.12. The molecule has 1 aromatic carbocycles. The van der Waals surface area contributed by atoms with Gasteiger partial charge in [0.25, 0.3) is 5.24 Å². The van der Waals surface area contributed by atoms with Gasteiger partial charge in [0.1, 0.15) is 5.75 Å². The molecule has 0 aromatic heterocycles.